The molecule has 0 N–H and O–H groups in total. The fourth-order valence-electron chi connectivity index (χ4n) is 4.91. The van der Waals surface area contributed by atoms with Gasteiger partial charge in [0.15, 0.2) is 23.1 Å². The Kier molecular flexibility index (Phi) is 5.42. The summed E-state index contributed by atoms with van der Waals surface area (Å²) in [6, 6.07) is 22.4. The van der Waals surface area contributed by atoms with Gasteiger partial charge in [0.2, 0.25) is 0 Å². The van der Waals surface area contributed by atoms with Gasteiger partial charge in [0, 0.05) is 22.3 Å². The normalized spacial score (nSPS) is 15.0. The van der Waals surface area contributed by atoms with Crippen molar-refractivity contribution in [2.24, 2.45) is 0 Å². The second-order valence-electron chi connectivity index (χ2n) is 9.05. The van der Waals surface area contributed by atoms with Crippen molar-refractivity contribution < 1.29 is 19.2 Å². The van der Waals surface area contributed by atoms with Crippen molar-refractivity contribution >= 4 is 44.7 Å². The van der Waals surface area contributed by atoms with Crippen LogP contribution in [0.15, 0.2) is 120 Å². The summed E-state index contributed by atoms with van der Waals surface area (Å²) in [6.45, 7) is 0. The molecule has 2 aliphatic rings. The minimum Gasteiger partial charge on any atom is -0.288 e. The monoisotopic (exact) mass is 480 g/mol. The fraction of sp³-hybridized carbons (Fsp3) is 0.0303. The standard InChI is InChI=1S/C33H20O4/c34-30-24(31(35)27-17-21-11-7-6-10-20(21)16-26(27)30)14-4-2-1-3-5-15-25-32(36)28-18-22-12-8-9-13-23(22)19-29(28)33(25)37/h1-4,6-19H,5H2/b3-1+,4-2?. The third-order valence-corrected chi connectivity index (χ3v) is 6.81. The van der Waals surface area contributed by atoms with Crippen LogP contribution in [0.2, 0.25) is 0 Å². The van der Waals surface area contributed by atoms with E-state index in [0.29, 0.717) is 28.7 Å². The molecule has 6 rings (SSSR count). The molecule has 4 aromatic carbocycles. The first kappa shape index (κ1) is 22.5. The zero-order valence-corrected chi connectivity index (χ0v) is 19.7. The summed E-state index contributed by atoms with van der Waals surface area (Å²) in [4.78, 5) is 51.2. The fourth-order valence-corrected chi connectivity index (χ4v) is 4.91. The van der Waals surface area contributed by atoms with E-state index in [4.69, 9.17) is 0 Å². The molecule has 176 valence electrons. The Morgan fingerprint density at radius 3 is 1.32 bits per heavy atom. The first-order valence-electron chi connectivity index (χ1n) is 12.0. The average molecular weight is 481 g/mol. The summed E-state index contributed by atoms with van der Waals surface area (Å²) >= 11 is 0. The van der Waals surface area contributed by atoms with Crippen molar-refractivity contribution in [3.8, 4) is 0 Å². The Balaban J connectivity index is 1.14. The lowest BCUT2D eigenvalue weighted by Gasteiger charge is -2.00. The van der Waals surface area contributed by atoms with E-state index in [2.05, 4.69) is 0 Å². The topological polar surface area (TPSA) is 68.3 Å². The van der Waals surface area contributed by atoms with Crippen LogP contribution >= 0.6 is 0 Å². The third-order valence-electron chi connectivity index (χ3n) is 6.81. The van der Waals surface area contributed by atoms with E-state index in [9.17, 15) is 19.2 Å². The molecule has 0 unspecified atom stereocenters. The van der Waals surface area contributed by atoms with Crippen molar-refractivity contribution in [2.45, 2.75) is 6.42 Å². The maximum absolute atomic E-state index is 12.8. The van der Waals surface area contributed by atoms with Crippen LogP contribution in [-0.4, -0.2) is 23.1 Å². The van der Waals surface area contributed by atoms with Gasteiger partial charge in [-0.05, 0) is 58.3 Å². The van der Waals surface area contributed by atoms with Crippen molar-refractivity contribution in [1.29, 1.82) is 0 Å². The van der Waals surface area contributed by atoms with Gasteiger partial charge >= 0.3 is 0 Å². The first-order chi connectivity index (χ1) is 18.0. The maximum atomic E-state index is 12.8. The van der Waals surface area contributed by atoms with Gasteiger partial charge in [-0.1, -0.05) is 78.9 Å². The van der Waals surface area contributed by atoms with Crippen LogP contribution in [0.4, 0.5) is 0 Å². The van der Waals surface area contributed by atoms with Crippen molar-refractivity contribution in [2.75, 3.05) is 0 Å². The third kappa shape index (κ3) is 3.80. The number of allylic oxidation sites excluding steroid dienone is 8. The number of hydrogen-bond acceptors (Lipinski definition) is 4. The number of carbonyl (C=O) groups is 4. The number of hydrogen-bond donors (Lipinski definition) is 0. The number of benzene rings is 4. The lowest BCUT2D eigenvalue weighted by Crippen LogP contribution is -2.00. The minimum atomic E-state index is -0.269. The molecule has 0 atom stereocenters. The average Bonchev–Trinajstić information content (AvgIpc) is 3.29. The highest BCUT2D eigenvalue weighted by Gasteiger charge is 2.33. The van der Waals surface area contributed by atoms with Crippen LogP contribution in [0, 0.1) is 0 Å². The SMILES string of the molecule is O=C1C(=CC=C/C=C/CC=C2C(=O)c3cc4ccccc4cc3C2=O)C(=O)c2cc3ccccc3cc21. The predicted molar refractivity (Wildman–Crippen MR) is 144 cm³/mol. The number of rotatable bonds is 4. The van der Waals surface area contributed by atoms with E-state index in [1.165, 1.54) is 6.08 Å². The molecule has 4 nitrogen and oxygen atoms in total. The Hall–Kier alpha value is -4.96. The zero-order chi connectivity index (χ0) is 25.5. The van der Waals surface area contributed by atoms with Crippen molar-refractivity contribution in [3.63, 3.8) is 0 Å². The van der Waals surface area contributed by atoms with Crippen molar-refractivity contribution in [3.05, 3.63) is 143 Å². The minimum absolute atomic E-state index is 0.143. The van der Waals surface area contributed by atoms with Gasteiger partial charge in [-0.25, -0.2) is 0 Å². The highest BCUT2D eigenvalue weighted by atomic mass is 16.2. The number of carbonyl (C=O) groups excluding carboxylic acids is 4. The predicted octanol–water partition coefficient (Wildman–Crippen LogP) is 6.81. The van der Waals surface area contributed by atoms with E-state index in [-0.39, 0.29) is 34.3 Å². The van der Waals surface area contributed by atoms with Crippen LogP contribution in [0.5, 0.6) is 0 Å². The van der Waals surface area contributed by atoms with E-state index in [0.717, 1.165) is 21.5 Å². The van der Waals surface area contributed by atoms with E-state index >= 15 is 0 Å². The molecular weight excluding hydrogens is 460 g/mol. The van der Waals surface area contributed by atoms with Gasteiger partial charge in [-0.15, -0.1) is 0 Å². The molecule has 0 amide bonds. The van der Waals surface area contributed by atoms with Crippen LogP contribution in [-0.2, 0) is 0 Å². The molecule has 0 radical (unpaired) electrons. The van der Waals surface area contributed by atoms with Gasteiger partial charge in [-0.3, -0.25) is 19.2 Å². The van der Waals surface area contributed by atoms with Crippen LogP contribution < -0.4 is 0 Å². The Morgan fingerprint density at radius 1 is 0.486 bits per heavy atom. The summed E-state index contributed by atoms with van der Waals surface area (Å²) < 4.78 is 0. The molecular formula is C33H20O4. The molecule has 0 aromatic heterocycles. The zero-order valence-electron chi connectivity index (χ0n) is 19.7. The molecule has 0 bridgehead atoms. The molecule has 0 spiro atoms. The summed E-state index contributed by atoms with van der Waals surface area (Å²) in [5.41, 5.74) is 2.10. The highest BCUT2D eigenvalue weighted by Crippen LogP contribution is 2.32. The molecule has 0 aliphatic heterocycles. The second kappa shape index (κ2) is 8.92. The van der Waals surface area contributed by atoms with E-state index < -0.39 is 0 Å². The van der Waals surface area contributed by atoms with Gasteiger partial charge in [0.1, 0.15) is 0 Å². The van der Waals surface area contributed by atoms with E-state index in [1.54, 1.807) is 48.6 Å². The number of Topliss-reactive ketones (excluding diaryl/α,β-unsaturated/α-hetero) is 4. The number of fused-ring (bicyclic) bond motifs is 4. The highest BCUT2D eigenvalue weighted by molar-refractivity contribution is 6.41. The van der Waals surface area contributed by atoms with E-state index in [1.807, 2.05) is 54.6 Å². The van der Waals surface area contributed by atoms with Gasteiger partial charge in [0.05, 0.1) is 11.1 Å². The lowest BCUT2D eigenvalue weighted by atomic mass is 10.0. The van der Waals surface area contributed by atoms with Crippen LogP contribution in [0.3, 0.4) is 0 Å². The summed E-state index contributed by atoms with van der Waals surface area (Å²) in [5.74, 6) is -1.03. The first-order valence-corrected chi connectivity index (χ1v) is 12.0. The molecule has 0 saturated heterocycles. The molecule has 0 fully saturated rings. The molecule has 2 aliphatic carbocycles. The summed E-state index contributed by atoms with van der Waals surface area (Å²) in [6.07, 6.45) is 10.5. The Labute approximate surface area is 212 Å². The quantitative estimate of drug-likeness (QED) is 0.183. The van der Waals surface area contributed by atoms with Crippen molar-refractivity contribution in [1.82, 2.24) is 0 Å². The number of ketones is 4. The molecule has 4 heteroatoms. The molecule has 0 heterocycles. The smallest absolute Gasteiger partial charge is 0.197 e. The van der Waals surface area contributed by atoms with Gasteiger partial charge < -0.3 is 0 Å². The van der Waals surface area contributed by atoms with Gasteiger partial charge in [0.25, 0.3) is 0 Å². The maximum Gasteiger partial charge on any atom is 0.197 e. The van der Waals surface area contributed by atoms with Gasteiger partial charge in [-0.2, -0.15) is 0 Å². The Morgan fingerprint density at radius 2 is 0.892 bits per heavy atom. The van der Waals surface area contributed by atoms with Crippen LogP contribution in [0.25, 0.3) is 21.5 Å². The lowest BCUT2D eigenvalue weighted by molar-refractivity contribution is 0.0973. The molecule has 0 saturated carbocycles. The second-order valence-corrected chi connectivity index (χ2v) is 9.05. The molecule has 4 aromatic rings. The molecule has 37 heavy (non-hydrogen) atoms. The van der Waals surface area contributed by atoms with Crippen LogP contribution in [0.1, 0.15) is 47.9 Å². The largest absolute Gasteiger partial charge is 0.288 e. The summed E-state index contributed by atoms with van der Waals surface area (Å²) in [5, 5.41) is 3.70. The summed E-state index contributed by atoms with van der Waals surface area (Å²) in [7, 11) is 0. The Bertz CT molecular complexity index is 1700.